The summed E-state index contributed by atoms with van der Waals surface area (Å²) >= 11 is 5.99. The van der Waals surface area contributed by atoms with Crippen LogP contribution in [-0.4, -0.2) is 22.1 Å². The zero-order valence-electron chi connectivity index (χ0n) is 18.4. The van der Waals surface area contributed by atoms with E-state index >= 15 is 0 Å². The normalized spacial score (nSPS) is 18.4. The molecule has 2 aromatic carbocycles. The van der Waals surface area contributed by atoms with Crippen LogP contribution in [0.5, 0.6) is 0 Å². The molecule has 0 aliphatic heterocycles. The SMILES string of the molecule is CC(C)c1ccc2nc(/C=C/c3ccc(Cl)cc3)nc(NC3CCC(N)CC3)c2c1.Cl.Cl. The number of nitrogens with zero attached hydrogens (tertiary/aromatic N) is 2. The van der Waals surface area contributed by atoms with Crippen LogP contribution in [0.3, 0.4) is 0 Å². The fourth-order valence-electron chi connectivity index (χ4n) is 3.91. The fourth-order valence-corrected chi connectivity index (χ4v) is 4.04. The molecule has 3 N–H and O–H groups in total. The molecule has 4 rings (SSSR count). The number of fused-ring (bicyclic) bond motifs is 1. The molecule has 0 spiro atoms. The maximum atomic E-state index is 6.09. The predicted molar refractivity (Wildman–Crippen MR) is 142 cm³/mol. The van der Waals surface area contributed by atoms with Gasteiger partial charge in [-0.1, -0.05) is 49.7 Å². The van der Waals surface area contributed by atoms with E-state index in [-0.39, 0.29) is 24.8 Å². The third-order valence-electron chi connectivity index (χ3n) is 5.81. The van der Waals surface area contributed by atoms with Gasteiger partial charge in [0.25, 0.3) is 0 Å². The summed E-state index contributed by atoms with van der Waals surface area (Å²) < 4.78 is 0. The van der Waals surface area contributed by atoms with Gasteiger partial charge in [0, 0.05) is 22.5 Å². The topological polar surface area (TPSA) is 63.8 Å². The summed E-state index contributed by atoms with van der Waals surface area (Å²) in [6, 6.07) is 15.0. The molecule has 0 unspecified atom stereocenters. The summed E-state index contributed by atoms with van der Waals surface area (Å²) in [5, 5.41) is 5.51. The van der Waals surface area contributed by atoms with Gasteiger partial charge >= 0.3 is 0 Å². The Labute approximate surface area is 207 Å². The average molecular weight is 494 g/mol. The maximum absolute atomic E-state index is 6.09. The molecular weight excluding hydrogens is 463 g/mol. The third-order valence-corrected chi connectivity index (χ3v) is 6.06. The van der Waals surface area contributed by atoms with Gasteiger partial charge in [0.05, 0.1) is 5.52 Å². The highest BCUT2D eigenvalue weighted by Crippen LogP contribution is 2.28. The predicted octanol–water partition coefficient (Wildman–Crippen LogP) is 7.10. The molecule has 1 saturated carbocycles. The van der Waals surface area contributed by atoms with Gasteiger partial charge in [0.15, 0.2) is 5.82 Å². The van der Waals surface area contributed by atoms with Crippen molar-refractivity contribution in [3.63, 3.8) is 0 Å². The summed E-state index contributed by atoms with van der Waals surface area (Å²) in [6.45, 7) is 4.42. The first-order valence-corrected chi connectivity index (χ1v) is 11.1. The van der Waals surface area contributed by atoms with Crippen LogP contribution in [0.1, 0.15) is 62.4 Å². The number of rotatable bonds is 5. The van der Waals surface area contributed by atoms with Crippen LogP contribution in [0.2, 0.25) is 5.02 Å². The van der Waals surface area contributed by atoms with Gasteiger partial charge in [-0.25, -0.2) is 9.97 Å². The molecule has 32 heavy (non-hydrogen) atoms. The summed E-state index contributed by atoms with van der Waals surface area (Å²) in [4.78, 5) is 9.67. The minimum Gasteiger partial charge on any atom is -0.367 e. The molecule has 0 saturated heterocycles. The smallest absolute Gasteiger partial charge is 0.154 e. The van der Waals surface area contributed by atoms with Crippen molar-refractivity contribution < 1.29 is 0 Å². The minimum atomic E-state index is 0. The van der Waals surface area contributed by atoms with Gasteiger partial charge < -0.3 is 11.1 Å². The van der Waals surface area contributed by atoms with Crippen molar-refractivity contribution >= 4 is 65.3 Å². The molecule has 1 aliphatic carbocycles. The lowest BCUT2D eigenvalue weighted by molar-refractivity contribution is 0.410. The monoisotopic (exact) mass is 492 g/mol. The molecule has 1 aliphatic rings. The number of nitrogens with two attached hydrogens (primary N) is 1. The van der Waals surface area contributed by atoms with Crippen LogP contribution in [0.4, 0.5) is 5.82 Å². The average Bonchev–Trinajstić information content (AvgIpc) is 2.74. The molecule has 1 heterocycles. The van der Waals surface area contributed by atoms with E-state index < -0.39 is 0 Å². The molecule has 172 valence electrons. The van der Waals surface area contributed by atoms with Gasteiger partial charge in [0.1, 0.15) is 5.82 Å². The Morgan fingerprint density at radius 1 is 0.969 bits per heavy atom. The maximum Gasteiger partial charge on any atom is 0.154 e. The van der Waals surface area contributed by atoms with Crippen LogP contribution < -0.4 is 11.1 Å². The number of halogens is 3. The Morgan fingerprint density at radius 2 is 1.66 bits per heavy atom. The van der Waals surface area contributed by atoms with Crippen molar-refractivity contribution in [2.45, 2.75) is 57.5 Å². The Balaban J connectivity index is 0.00000181. The zero-order valence-corrected chi connectivity index (χ0v) is 20.8. The number of aromatic nitrogens is 2. The van der Waals surface area contributed by atoms with Crippen molar-refractivity contribution in [3.8, 4) is 0 Å². The Hall–Kier alpha value is -1.85. The zero-order chi connectivity index (χ0) is 21.1. The second-order valence-corrected chi connectivity index (χ2v) is 8.94. The summed E-state index contributed by atoms with van der Waals surface area (Å²) in [5.74, 6) is 2.07. The van der Waals surface area contributed by atoms with Crippen molar-refractivity contribution in [2.75, 3.05) is 5.32 Å². The van der Waals surface area contributed by atoms with Gasteiger partial charge in [-0.3, -0.25) is 0 Å². The van der Waals surface area contributed by atoms with Crippen LogP contribution in [0.15, 0.2) is 42.5 Å². The summed E-state index contributed by atoms with van der Waals surface area (Å²) in [5.41, 5.74) is 9.41. The van der Waals surface area contributed by atoms with E-state index in [1.807, 2.05) is 36.4 Å². The minimum absolute atomic E-state index is 0. The Kier molecular flexibility index (Phi) is 9.78. The van der Waals surface area contributed by atoms with E-state index in [4.69, 9.17) is 27.3 Å². The van der Waals surface area contributed by atoms with E-state index in [2.05, 4.69) is 37.4 Å². The Morgan fingerprint density at radius 3 is 2.31 bits per heavy atom. The highest BCUT2D eigenvalue weighted by atomic mass is 35.5. The van der Waals surface area contributed by atoms with Gasteiger partial charge in [-0.2, -0.15) is 0 Å². The molecule has 0 bridgehead atoms. The van der Waals surface area contributed by atoms with E-state index in [9.17, 15) is 0 Å². The lowest BCUT2D eigenvalue weighted by Gasteiger charge is -2.27. The lowest BCUT2D eigenvalue weighted by atomic mass is 9.91. The van der Waals surface area contributed by atoms with Gasteiger partial charge in [0.2, 0.25) is 0 Å². The number of hydrogen-bond acceptors (Lipinski definition) is 4. The van der Waals surface area contributed by atoms with Crippen LogP contribution in [-0.2, 0) is 0 Å². The van der Waals surface area contributed by atoms with Crippen molar-refractivity contribution in [1.29, 1.82) is 0 Å². The van der Waals surface area contributed by atoms with Crippen LogP contribution in [0, 0.1) is 0 Å². The molecule has 3 aromatic rings. The number of anilines is 1. The molecule has 0 radical (unpaired) electrons. The summed E-state index contributed by atoms with van der Waals surface area (Å²) in [7, 11) is 0. The van der Waals surface area contributed by atoms with E-state index in [1.165, 1.54) is 5.56 Å². The Bertz CT molecular complexity index is 1040. The highest BCUT2D eigenvalue weighted by Gasteiger charge is 2.20. The van der Waals surface area contributed by atoms with E-state index in [1.54, 1.807) is 0 Å². The van der Waals surface area contributed by atoms with Crippen molar-refractivity contribution in [1.82, 2.24) is 9.97 Å². The van der Waals surface area contributed by atoms with Crippen LogP contribution >= 0.6 is 36.4 Å². The molecular formula is C25H31Cl3N4. The molecule has 0 amide bonds. The van der Waals surface area contributed by atoms with E-state index in [0.29, 0.717) is 23.8 Å². The standard InChI is InChI=1S/C25H29ClN4.2ClH/c1-16(2)18-6-13-23-22(15-18)25(28-21-11-9-20(27)10-12-21)30-24(29-23)14-5-17-3-7-19(26)8-4-17;;/h3-8,13-16,20-21H,9-12,27H2,1-2H3,(H,28,29,30);2*1H/b14-5+;;. The first-order valence-electron chi connectivity index (χ1n) is 10.8. The van der Waals surface area contributed by atoms with E-state index in [0.717, 1.165) is 53.0 Å². The van der Waals surface area contributed by atoms with Gasteiger partial charge in [-0.15, -0.1) is 24.8 Å². The fraction of sp³-hybridized carbons (Fsp3) is 0.360. The molecule has 7 heteroatoms. The second-order valence-electron chi connectivity index (χ2n) is 8.50. The first kappa shape index (κ1) is 26.4. The molecule has 0 atom stereocenters. The van der Waals surface area contributed by atoms with Crippen molar-refractivity contribution in [3.05, 3.63) is 64.4 Å². The third kappa shape index (κ3) is 6.58. The lowest BCUT2D eigenvalue weighted by Crippen LogP contribution is -2.33. The van der Waals surface area contributed by atoms with Gasteiger partial charge in [-0.05, 0) is 73.1 Å². The molecule has 1 fully saturated rings. The second kappa shape index (κ2) is 11.9. The largest absolute Gasteiger partial charge is 0.367 e. The molecule has 1 aromatic heterocycles. The highest BCUT2D eigenvalue weighted by molar-refractivity contribution is 6.30. The number of hydrogen-bond donors (Lipinski definition) is 2. The van der Waals surface area contributed by atoms with Crippen LogP contribution in [0.25, 0.3) is 23.1 Å². The number of benzene rings is 2. The number of nitrogens with one attached hydrogen (secondary N) is 1. The van der Waals surface area contributed by atoms with Crippen molar-refractivity contribution in [2.24, 2.45) is 5.73 Å². The summed E-state index contributed by atoms with van der Waals surface area (Å²) in [6.07, 6.45) is 8.24. The quantitative estimate of drug-likeness (QED) is 0.398. The first-order chi connectivity index (χ1) is 14.5. The molecule has 4 nitrogen and oxygen atoms in total.